The first-order valence-electron chi connectivity index (χ1n) is 7.02. The maximum atomic E-state index is 12.3. The molecular formula is C14H17ClN2O3S. The molecule has 1 aliphatic carbocycles. The molecule has 1 aromatic carbocycles. The van der Waals surface area contributed by atoms with E-state index in [-0.39, 0.29) is 11.2 Å². The lowest BCUT2D eigenvalue weighted by molar-refractivity contribution is 0.0698. The number of carbonyl (C=O) groups is 1. The second kappa shape index (κ2) is 5.59. The highest BCUT2D eigenvalue weighted by atomic mass is 35.5. The van der Waals surface area contributed by atoms with E-state index in [1.807, 2.05) is 0 Å². The molecular weight excluding hydrogens is 312 g/mol. The van der Waals surface area contributed by atoms with Gasteiger partial charge in [0.1, 0.15) is 0 Å². The van der Waals surface area contributed by atoms with Crippen molar-refractivity contribution in [1.29, 1.82) is 0 Å². The molecule has 1 aromatic rings. The lowest BCUT2D eigenvalue weighted by atomic mass is 10.2. The number of amides is 1. The van der Waals surface area contributed by atoms with Crippen LogP contribution >= 0.6 is 11.6 Å². The van der Waals surface area contributed by atoms with Gasteiger partial charge in [-0.1, -0.05) is 11.6 Å². The van der Waals surface area contributed by atoms with Crippen molar-refractivity contribution < 1.29 is 13.2 Å². The second-order valence-corrected chi connectivity index (χ2v) is 8.09. The van der Waals surface area contributed by atoms with Crippen molar-refractivity contribution in [2.24, 2.45) is 0 Å². The number of benzene rings is 1. The third-order valence-electron chi connectivity index (χ3n) is 3.92. The maximum Gasteiger partial charge on any atom is 0.253 e. The Hall–Kier alpha value is -1.11. The van der Waals surface area contributed by atoms with Crippen LogP contribution in [0.15, 0.2) is 24.3 Å². The Morgan fingerprint density at radius 2 is 1.62 bits per heavy atom. The van der Waals surface area contributed by atoms with Crippen molar-refractivity contribution >= 4 is 27.5 Å². The molecule has 114 valence electrons. The fourth-order valence-electron chi connectivity index (χ4n) is 2.50. The highest BCUT2D eigenvalue weighted by Crippen LogP contribution is 2.31. The van der Waals surface area contributed by atoms with Crippen LogP contribution in [0.4, 0.5) is 0 Å². The molecule has 0 aromatic heterocycles. The van der Waals surface area contributed by atoms with Crippen LogP contribution in [0.5, 0.6) is 0 Å². The monoisotopic (exact) mass is 328 g/mol. The van der Waals surface area contributed by atoms with E-state index in [1.165, 1.54) is 4.31 Å². The summed E-state index contributed by atoms with van der Waals surface area (Å²) in [6.07, 6.45) is 1.54. The van der Waals surface area contributed by atoms with Gasteiger partial charge in [-0.05, 0) is 37.1 Å². The zero-order valence-electron chi connectivity index (χ0n) is 11.5. The van der Waals surface area contributed by atoms with Gasteiger partial charge in [-0.15, -0.1) is 0 Å². The first kappa shape index (κ1) is 14.8. The Morgan fingerprint density at radius 1 is 1.05 bits per heavy atom. The van der Waals surface area contributed by atoms with Crippen molar-refractivity contribution in [3.05, 3.63) is 34.9 Å². The summed E-state index contributed by atoms with van der Waals surface area (Å²) in [7, 11) is -3.13. The molecule has 1 saturated carbocycles. The number of piperazine rings is 1. The lowest BCUT2D eigenvalue weighted by Crippen LogP contribution is -2.51. The topological polar surface area (TPSA) is 57.7 Å². The maximum absolute atomic E-state index is 12.3. The fourth-order valence-corrected chi connectivity index (χ4v) is 4.45. The SMILES string of the molecule is O=C(c1ccc(Cl)cc1)N1CCN(S(=O)(=O)C2CC2)CC1. The molecule has 5 nitrogen and oxygen atoms in total. The van der Waals surface area contributed by atoms with E-state index >= 15 is 0 Å². The van der Waals surface area contributed by atoms with Crippen LogP contribution < -0.4 is 0 Å². The minimum absolute atomic E-state index is 0.0739. The summed E-state index contributed by atoms with van der Waals surface area (Å²) in [5.74, 6) is -0.0739. The zero-order valence-corrected chi connectivity index (χ0v) is 13.1. The minimum Gasteiger partial charge on any atom is -0.336 e. The molecule has 1 aliphatic heterocycles. The Balaban J connectivity index is 1.63. The molecule has 0 atom stereocenters. The number of sulfonamides is 1. The number of carbonyl (C=O) groups excluding carboxylic acids is 1. The number of nitrogens with zero attached hydrogens (tertiary/aromatic N) is 2. The predicted octanol–water partition coefficient (Wildman–Crippen LogP) is 1.59. The van der Waals surface area contributed by atoms with E-state index in [0.29, 0.717) is 36.8 Å². The first-order valence-corrected chi connectivity index (χ1v) is 8.90. The first-order chi connectivity index (χ1) is 9.98. The fraction of sp³-hybridized carbons (Fsp3) is 0.500. The van der Waals surface area contributed by atoms with Gasteiger partial charge >= 0.3 is 0 Å². The molecule has 0 unspecified atom stereocenters. The van der Waals surface area contributed by atoms with E-state index in [1.54, 1.807) is 29.2 Å². The third-order valence-corrected chi connectivity index (χ3v) is 6.57. The molecule has 0 spiro atoms. The van der Waals surface area contributed by atoms with Gasteiger partial charge in [0.2, 0.25) is 10.0 Å². The van der Waals surface area contributed by atoms with Crippen molar-refractivity contribution in [3.8, 4) is 0 Å². The van der Waals surface area contributed by atoms with Crippen LogP contribution in [-0.4, -0.2) is 55.0 Å². The van der Waals surface area contributed by atoms with Crippen molar-refractivity contribution in [2.45, 2.75) is 18.1 Å². The lowest BCUT2D eigenvalue weighted by Gasteiger charge is -2.34. The molecule has 7 heteroatoms. The van der Waals surface area contributed by atoms with Crippen LogP contribution in [-0.2, 0) is 10.0 Å². The number of hydrogen-bond acceptors (Lipinski definition) is 3. The van der Waals surface area contributed by atoms with Crippen LogP contribution in [0.1, 0.15) is 23.2 Å². The average Bonchev–Trinajstić information content (AvgIpc) is 3.32. The van der Waals surface area contributed by atoms with Crippen molar-refractivity contribution in [3.63, 3.8) is 0 Å². The Labute approximate surface area is 129 Å². The average molecular weight is 329 g/mol. The zero-order chi connectivity index (χ0) is 15.0. The molecule has 0 N–H and O–H groups in total. The van der Waals surface area contributed by atoms with Gasteiger partial charge in [0.15, 0.2) is 0 Å². The smallest absolute Gasteiger partial charge is 0.253 e. The van der Waals surface area contributed by atoms with Gasteiger partial charge in [-0.3, -0.25) is 4.79 Å². The number of rotatable bonds is 3. The van der Waals surface area contributed by atoms with Gasteiger partial charge in [0.25, 0.3) is 5.91 Å². The summed E-state index contributed by atoms with van der Waals surface area (Å²) >= 11 is 5.81. The molecule has 1 heterocycles. The molecule has 21 heavy (non-hydrogen) atoms. The van der Waals surface area contributed by atoms with E-state index in [0.717, 1.165) is 12.8 Å². The molecule has 2 fully saturated rings. The van der Waals surface area contributed by atoms with E-state index in [9.17, 15) is 13.2 Å². The van der Waals surface area contributed by atoms with Crippen LogP contribution in [0, 0.1) is 0 Å². The summed E-state index contributed by atoms with van der Waals surface area (Å²) in [6, 6.07) is 6.75. The summed E-state index contributed by atoms with van der Waals surface area (Å²) in [4.78, 5) is 14.0. The predicted molar refractivity (Wildman–Crippen MR) is 80.9 cm³/mol. The van der Waals surface area contributed by atoms with Gasteiger partial charge in [-0.2, -0.15) is 4.31 Å². The van der Waals surface area contributed by atoms with Crippen molar-refractivity contribution in [2.75, 3.05) is 26.2 Å². The molecule has 2 aliphatic rings. The van der Waals surface area contributed by atoms with Crippen LogP contribution in [0.2, 0.25) is 5.02 Å². The quantitative estimate of drug-likeness (QED) is 0.846. The van der Waals surface area contributed by atoms with E-state index in [4.69, 9.17) is 11.6 Å². The number of hydrogen-bond donors (Lipinski definition) is 0. The van der Waals surface area contributed by atoms with Crippen LogP contribution in [0.25, 0.3) is 0 Å². The van der Waals surface area contributed by atoms with Gasteiger partial charge in [0.05, 0.1) is 5.25 Å². The van der Waals surface area contributed by atoms with Gasteiger partial charge in [-0.25, -0.2) is 8.42 Å². The second-order valence-electron chi connectivity index (χ2n) is 5.44. The largest absolute Gasteiger partial charge is 0.336 e. The summed E-state index contributed by atoms with van der Waals surface area (Å²) < 4.78 is 25.8. The summed E-state index contributed by atoms with van der Waals surface area (Å²) in [5, 5.41) is 0.405. The summed E-state index contributed by atoms with van der Waals surface area (Å²) in [6.45, 7) is 1.65. The standard InChI is InChI=1S/C14H17ClN2O3S/c15-12-3-1-11(2-4-12)14(18)16-7-9-17(10-8-16)21(19,20)13-5-6-13/h1-4,13H,5-10H2. The molecule has 0 radical (unpaired) electrons. The molecule has 1 amide bonds. The summed E-state index contributed by atoms with van der Waals surface area (Å²) in [5.41, 5.74) is 0.581. The Kier molecular flexibility index (Phi) is 3.94. The van der Waals surface area contributed by atoms with E-state index < -0.39 is 10.0 Å². The highest BCUT2D eigenvalue weighted by molar-refractivity contribution is 7.90. The normalized spacial score (nSPS) is 20.5. The van der Waals surface area contributed by atoms with Gasteiger partial charge < -0.3 is 4.90 Å². The van der Waals surface area contributed by atoms with Crippen molar-refractivity contribution in [1.82, 2.24) is 9.21 Å². The molecule has 0 bridgehead atoms. The Bertz CT molecular complexity index is 633. The van der Waals surface area contributed by atoms with Crippen LogP contribution in [0.3, 0.4) is 0 Å². The van der Waals surface area contributed by atoms with E-state index in [2.05, 4.69) is 0 Å². The minimum atomic E-state index is -3.13. The molecule has 3 rings (SSSR count). The third kappa shape index (κ3) is 3.07. The number of halogens is 1. The van der Waals surface area contributed by atoms with Gasteiger partial charge in [0, 0.05) is 36.8 Å². The molecule has 1 saturated heterocycles. The Morgan fingerprint density at radius 3 is 2.14 bits per heavy atom. The highest BCUT2D eigenvalue weighted by Gasteiger charge is 2.41.